The highest BCUT2D eigenvalue weighted by atomic mass is 16.6. The number of rotatable bonds is 5. The van der Waals surface area contributed by atoms with Crippen molar-refractivity contribution in [1.29, 1.82) is 0 Å². The first kappa shape index (κ1) is 32.0. The minimum Gasteiger partial charge on any atom is -0.488 e. The van der Waals surface area contributed by atoms with Gasteiger partial charge in [0.15, 0.2) is 0 Å². The fourth-order valence-electron chi connectivity index (χ4n) is 7.69. The number of carboxylic acid groups (broad SMARTS) is 1. The van der Waals surface area contributed by atoms with E-state index in [2.05, 4.69) is 17.5 Å². The standard InChI is InChI=1S/C38H43N3O7/c1-38-21-26(38)16-6-3-7-18-29-33(46-23-24-12-4-2-5-13-24)28-17-10-11-19-30(28)39-34(29)47-27-20-31(36(43)44)41(22-27)35(42)32(40-37(45)48-38)25-14-8-9-15-25/h2-5,7,10-13,17,19,25-27,31-32H,6,8-9,14-16,18,20-23H2,1H3,(H,40,45)(H,43,44)/t26-,27+,31-,32-,38-/m0/s1. The number of hydrogen-bond acceptors (Lipinski definition) is 7. The zero-order chi connectivity index (χ0) is 33.3. The molecule has 3 aromatic rings. The molecule has 7 rings (SSSR count). The Kier molecular flexibility index (Phi) is 8.98. The summed E-state index contributed by atoms with van der Waals surface area (Å²) in [5.74, 6) is -0.341. The summed E-state index contributed by atoms with van der Waals surface area (Å²) in [5, 5.41) is 14.0. The Hall–Kier alpha value is -4.60. The molecule has 1 aromatic heterocycles. The minimum atomic E-state index is -1.11. The molecule has 2 N–H and O–H groups in total. The van der Waals surface area contributed by atoms with Crippen LogP contribution in [0.4, 0.5) is 4.79 Å². The highest BCUT2D eigenvalue weighted by Gasteiger charge is 2.54. The average molecular weight is 654 g/mol. The number of hydrogen-bond donors (Lipinski definition) is 2. The lowest BCUT2D eigenvalue weighted by atomic mass is 9.96. The maximum absolute atomic E-state index is 14.2. The first-order valence-corrected chi connectivity index (χ1v) is 17.2. The number of fused-ring (bicyclic) bond motifs is 5. The van der Waals surface area contributed by atoms with E-state index in [4.69, 9.17) is 19.2 Å². The van der Waals surface area contributed by atoms with Crippen LogP contribution in [0.15, 0.2) is 66.7 Å². The van der Waals surface area contributed by atoms with Crippen molar-refractivity contribution in [3.63, 3.8) is 0 Å². The van der Waals surface area contributed by atoms with Crippen LogP contribution in [0.2, 0.25) is 0 Å². The fraction of sp³-hybridized carbons (Fsp3) is 0.474. The number of amides is 2. The van der Waals surface area contributed by atoms with Gasteiger partial charge in [0, 0.05) is 17.7 Å². The summed E-state index contributed by atoms with van der Waals surface area (Å²) in [5.41, 5.74) is 1.91. The first-order valence-electron chi connectivity index (χ1n) is 17.2. The molecule has 5 atom stereocenters. The number of carboxylic acids is 1. The molecule has 3 heterocycles. The van der Waals surface area contributed by atoms with E-state index in [-0.39, 0.29) is 24.8 Å². The van der Waals surface area contributed by atoms with E-state index in [9.17, 15) is 19.5 Å². The molecule has 48 heavy (non-hydrogen) atoms. The van der Waals surface area contributed by atoms with Crippen LogP contribution < -0.4 is 14.8 Å². The Morgan fingerprint density at radius 3 is 2.62 bits per heavy atom. The molecule has 2 aliphatic heterocycles. The minimum absolute atomic E-state index is 0.0551. The van der Waals surface area contributed by atoms with E-state index < -0.39 is 41.8 Å². The molecule has 10 heteroatoms. The van der Waals surface area contributed by atoms with Gasteiger partial charge < -0.3 is 29.5 Å². The second kappa shape index (κ2) is 13.5. The number of alkyl carbamates (subject to hydrolysis) is 1. The number of ether oxygens (including phenoxy) is 3. The van der Waals surface area contributed by atoms with Crippen LogP contribution in [0, 0.1) is 11.8 Å². The number of nitrogens with zero attached hydrogens (tertiary/aromatic N) is 2. The number of benzene rings is 2. The fourth-order valence-corrected chi connectivity index (χ4v) is 7.69. The van der Waals surface area contributed by atoms with E-state index in [1.807, 2.05) is 61.5 Å². The van der Waals surface area contributed by atoms with E-state index >= 15 is 0 Å². The van der Waals surface area contributed by atoms with Gasteiger partial charge in [-0.25, -0.2) is 14.6 Å². The summed E-state index contributed by atoms with van der Waals surface area (Å²) in [6, 6.07) is 15.7. The predicted molar refractivity (Wildman–Crippen MR) is 179 cm³/mol. The highest BCUT2D eigenvalue weighted by Crippen LogP contribution is 2.49. The van der Waals surface area contributed by atoms with E-state index in [1.165, 1.54) is 4.90 Å². The van der Waals surface area contributed by atoms with Crippen LogP contribution in [0.5, 0.6) is 11.6 Å². The van der Waals surface area contributed by atoms with Gasteiger partial charge in [0.25, 0.3) is 0 Å². The number of pyridine rings is 1. The van der Waals surface area contributed by atoms with Crippen molar-refractivity contribution < 1.29 is 33.7 Å². The van der Waals surface area contributed by atoms with E-state index in [0.29, 0.717) is 30.2 Å². The number of carbonyl (C=O) groups is 3. The number of carbonyl (C=O) groups excluding carboxylic acids is 2. The third-order valence-corrected chi connectivity index (χ3v) is 10.5. The van der Waals surface area contributed by atoms with Gasteiger partial charge in [0.05, 0.1) is 17.6 Å². The van der Waals surface area contributed by atoms with Crippen molar-refractivity contribution in [3.8, 4) is 11.6 Å². The summed E-state index contributed by atoms with van der Waals surface area (Å²) in [7, 11) is 0. The third kappa shape index (κ3) is 6.70. The number of allylic oxidation sites excluding steroid dienone is 2. The van der Waals surface area contributed by atoms with Crippen LogP contribution in [0.3, 0.4) is 0 Å². The number of aliphatic carboxylic acids is 1. The Morgan fingerprint density at radius 2 is 1.83 bits per heavy atom. The van der Waals surface area contributed by atoms with Gasteiger partial charge in [-0.15, -0.1) is 0 Å². The van der Waals surface area contributed by atoms with Gasteiger partial charge in [-0.3, -0.25) is 4.79 Å². The van der Waals surface area contributed by atoms with Crippen molar-refractivity contribution >= 4 is 28.9 Å². The Bertz CT molecular complexity index is 1710. The van der Waals surface area contributed by atoms with Crippen molar-refractivity contribution in [2.45, 2.75) is 95.1 Å². The predicted octanol–water partition coefficient (Wildman–Crippen LogP) is 6.20. The maximum atomic E-state index is 14.2. The van der Waals surface area contributed by atoms with Crippen LogP contribution >= 0.6 is 0 Å². The number of nitrogens with one attached hydrogen (secondary N) is 1. The van der Waals surface area contributed by atoms with Gasteiger partial charge in [-0.2, -0.15) is 0 Å². The molecule has 0 unspecified atom stereocenters. The molecule has 4 aliphatic rings. The summed E-state index contributed by atoms with van der Waals surface area (Å²) < 4.78 is 19.0. The maximum Gasteiger partial charge on any atom is 0.408 e. The highest BCUT2D eigenvalue weighted by molar-refractivity contribution is 5.90. The van der Waals surface area contributed by atoms with Crippen LogP contribution in [-0.2, 0) is 27.4 Å². The van der Waals surface area contributed by atoms with Crippen molar-refractivity contribution in [1.82, 2.24) is 15.2 Å². The Balaban J connectivity index is 1.26. The van der Waals surface area contributed by atoms with Crippen LogP contribution in [0.1, 0.15) is 69.4 Å². The molecule has 2 aromatic carbocycles. The van der Waals surface area contributed by atoms with Crippen LogP contribution in [0.25, 0.3) is 10.9 Å². The molecule has 2 amide bonds. The molecule has 2 bridgehead atoms. The molecule has 0 radical (unpaired) electrons. The Labute approximate surface area is 280 Å². The lowest BCUT2D eigenvalue weighted by Gasteiger charge is -2.30. The number of para-hydroxylation sites is 1. The molecule has 252 valence electrons. The zero-order valence-electron chi connectivity index (χ0n) is 27.3. The zero-order valence-corrected chi connectivity index (χ0v) is 27.3. The summed E-state index contributed by atoms with van der Waals surface area (Å²) in [4.78, 5) is 46.3. The van der Waals surface area contributed by atoms with Crippen molar-refractivity contribution in [2.75, 3.05) is 6.54 Å². The molecule has 3 fully saturated rings. The lowest BCUT2D eigenvalue weighted by molar-refractivity contribution is -0.149. The molecule has 1 saturated heterocycles. The van der Waals surface area contributed by atoms with Gasteiger partial charge in [0.1, 0.15) is 36.1 Å². The summed E-state index contributed by atoms with van der Waals surface area (Å²) in [6.07, 6.45) is 9.45. The monoisotopic (exact) mass is 653 g/mol. The van der Waals surface area contributed by atoms with Crippen molar-refractivity contribution in [2.24, 2.45) is 11.8 Å². The second-order valence-electron chi connectivity index (χ2n) is 13.9. The average Bonchev–Trinajstić information content (AvgIpc) is 3.44. The molecular formula is C38H43N3O7. The second-order valence-corrected chi connectivity index (χ2v) is 13.9. The topological polar surface area (TPSA) is 127 Å². The van der Waals surface area contributed by atoms with Gasteiger partial charge in [-0.05, 0) is 69.1 Å². The quantitative estimate of drug-likeness (QED) is 0.312. The summed E-state index contributed by atoms with van der Waals surface area (Å²) >= 11 is 0. The smallest absolute Gasteiger partial charge is 0.408 e. The van der Waals surface area contributed by atoms with Gasteiger partial charge >= 0.3 is 12.1 Å². The molecule has 2 saturated carbocycles. The van der Waals surface area contributed by atoms with Crippen molar-refractivity contribution in [3.05, 3.63) is 77.9 Å². The van der Waals surface area contributed by atoms with E-state index in [0.717, 1.165) is 61.5 Å². The first-order chi connectivity index (χ1) is 23.3. The lowest BCUT2D eigenvalue weighted by Crippen LogP contribution is -2.55. The van der Waals surface area contributed by atoms with E-state index in [1.54, 1.807) is 0 Å². The van der Waals surface area contributed by atoms with Gasteiger partial charge in [0.2, 0.25) is 11.8 Å². The summed E-state index contributed by atoms with van der Waals surface area (Å²) in [6.45, 7) is 2.35. The molecular weight excluding hydrogens is 610 g/mol. The van der Waals surface area contributed by atoms with Crippen LogP contribution in [-0.4, -0.2) is 63.3 Å². The Morgan fingerprint density at radius 1 is 1.06 bits per heavy atom. The molecule has 10 nitrogen and oxygen atoms in total. The SMILES string of the molecule is C[C@]12C[C@@H]1CCC=CCc1c(nc3ccccc3c1OCc1ccccc1)O[C@@H]1C[C@@H](C(=O)O)N(C1)C(=O)[C@H](C1CCCC1)NC(=O)O2. The number of aromatic nitrogens is 1. The molecule has 0 spiro atoms. The normalized spacial score (nSPS) is 28.0. The molecule has 2 aliphatic carbocycles. The third-order valence-electron chi connectivity index (χ3n) is 10.5. The van der Waals surface area contributed by atoms with Gasteiger partial charge in [-0.1, -0.05) is 67.5 Å². The largest absolute Gasteiger partial charge is 0.488 e.